The molecule has 3 atom stereocenters. The number of benzene rings is 1. The van der Waals surface area contributed by atoms with Crippen molar-refractivity contribution in [2.24, 2.45) is 5.73 Å². The highest BCUT2D eigenvalue weighted by molar-refractivity contribution is 5.87. The summed E-state index contributed by atoms with van der Waals surface area (Å²) in [4.78, 5) is 23.1. The first-order chi connectivity index (χ1) is 9.93. The Morgan fingerprint density at radius 3 is 2.43 bits per heavy atom. The van der Waals surface area contributed by atoms with Crippen LogP contribution in [0, 0.1) is 0 Å². The summed E-state index contributed by atoms with van der Waals surface area (Å²) in [6, 6.07) is 7.87. The molecule has 0 fully saturated rings. The number of aliphatic hydroxyl groups excluding tert-OH is 1. The molecule has 0 saturated carbocycles. The molecule has 6 N–H and O–H groups in total. The van der Waals surface area contributed by atoms with Gasteiger partial charge in [-0.15, -0.1) is 0 Å². The van der Waals surface area contributed by atoms with Crippen molar-refractivity contribution in [2.75, 3.05) is 0 Å². The number of rotatable bonds is 7. The molecule has 0 bridgehead atoms. The molecule has 116 valence electrons. The van der Waals surface area contributed by atoms with Gasteiger partial charge in [0.15, 0.2) is 0 Å². The fourth-order valence-corrected chi connectivity index (χ4v) is 1.93. The minimum atomic E-state index is -1.22. The topological polar surface area (TPSA) is 125 Å². The molecule has 7 heteroatoms. The Morgan fingerprint density at radius 1 is 1.29 bits per heavy atom. The summed E-state index contributed by atoms with van der Waals surface area (Å²) in [6.45, 7) is 1.34. The monoisotopic (exact) mass is 295 g/mol. The lowest BCUT2D eigenvalue weighted by molar-refractivity contribution is -0.137. The van der Waals surface area contributed by atoms with Crippen LogP contribution < -0.4 is 16.5 Å². The molecule has 0 aromatic heterocycles. The van der Waals surface area contributed by atoms with Crippen molar-refractivity contribution in [3.05, 3.63) is 35.9 Å². The van der Waals surface area contributed by atoms with Gasteiger partial charge in [0.1, 0.15) is 6.04 Å². The molecule has 0 saturated heterocycles. The van der Waals surface area contributed by atoms with Gasteiger partial charge >= 0.3 is 0 Å². The van der Waals surface area contributed by atoms with Crippen molar-refractivity contribution in [3.63, 3.8) is 0 Å². The quantitative estimate of drug-likeness (QED) is 0.336. The van der Waals surface area contributed by atoms with Crippen LogP contribution in [0.25, 0.3) is 0 Å². The first-order valence-corrected chi connectivity index (χ1v) is 6.65. The average Bonchev–Trinajstić information content (AvgIpc) is 2.44. The normalized spacial score (nSPS) is 14.9. The van der Waals surface area contributed by atoms with E-state index in [0.29, 0.717) is 6.42 Å². The predicted molar refractivity (Wildman–Crippen MR) is 76.3 cm³/mol. The van der Waals surface area contributed by atoms with E-state index in [4.69, 9.17) is 10.9 Å². The molecular formula is C14H21N3O4. The van der Waals surface area contributed by atoms with E-state index < -0.39 is 30.0 Å². The maximum Gasteiger partial charge on any atom is 0.268 e. The van der Waals surface area contributed by atoms with Gasteiger partial charge in [0.2, 0.25) is 5.91 Å². The van der Waals surface area contributed by atoms with Crippen LogP contribution in [0.15, 0.2) is 30.3 Å². The number of carbonyl (C=O) groups excluding carboxylic acids is 2. The molecule has 7 nitrogen and oxygen atoms in total. The number of amides is 2. The molecule has 0 spiro atoms. The molecule has 1 aromatic carbocycles. The van der Waals surface area contributed by atoms with Gasteiger partial charge in [-0.05, 0) is 18.9 Å². The minimum Gasteiger partial charge on any atom is -0.391 e. The van der Waals surface area contributed by atoms with Crippen molar-refractivity contribution >= 4 is 11.8 Å². The smallest absolute Gasteiger partial charge is 0.268 e. The molecular weight excluding hydrogens is 274 g/mol. The Labute approximate surface area is 123 Å². The summed E-state index contributed by atoms with van der Waals surface area (Å²) < 4.78 is 0. The maximum atomic E-state index is 11.8. The zero-order chi connectivity index (χ0) is 15.8. The third-order valence-electron chi connectivity index (χ3n) is 2.98. The van der Waals surface area contributed by atoms with Gasteiger partial charge < -0.3 is 16.2 Å². The van der Waals surface area contributed by atoms with Crippen molar-refractivity contribution in [3.8, 4) is 0 Å². The Bertz CT molecular complexity index is 465. The standard InChI is InChI=1S/C14H21N3O4/c1-9(18)13(14(20)17-21)16-12(19)8-11(15)7-10-5-3-2-4-6-10/h2-6,9,11,13,18,21H,7-8,15H2,1H3,(H,16,19)(H,17,20)/t9-,11+,13+/m1/s1. The summed E-state index contributed by atoms with van der Waals surface area (Å²) >= 11 is 0. The highest BCUT2D eigenvalue weighted by atomic mass is 16.5. The van der Waals surface area contributed by atoms with Gasteiger partial charge in [0.05, 0.1) is 6.10 Å². The highest BCUT2D eigenvalue weighted by Crippen LogP contribution is 2.04. The maximum absolute atomic E-state index is 11.8. The van der Waals surface area contributed by atoms with Crippen LogP contribution in [0.3, 0.4) is 0 Å². The molecule has 1 rings (SSSR count). The van der Waals surface area contributed by atoms with E-state index in [1.807, 2.05) is 30.3 Å². The Kier molecular flexibility index (Phi) is 6.80. The van der Waals surface area contributed by atoms with E-state index in [1.54, 1.807) is 0 Å². The summed E-state index contributed by atoms with van der Waals surface area (Å²) in [5, 5.41) is 20.3. The predicted octanol–water partition coefficient (Wildman–Crippen LogP) is -0.682. The van der Waals surface area contributed by atoms with Crippen LogP contribution in [-0.2, 0) is 16.0 Å². The van der Waals surface area contributed by atoms with Gasteiger partial charge in [-0.25, -0.2) is 5.48 Å². The van der Waals surface area contributed by atoms with E-state index in [1.165, 1.54) is 12.4 Å². The summed E-state index contributed by atoms with van der Waals surface area (Å²) in [7, 11) is 0. The zero-order valence-corrected chi connectivity index (χ0v) is 11.8. The lowest BCUT2D eigenvalue weighted by Gasteiger charge is -2.20. The second-order valence-electron chi connectivity index (χ2n) is 4.92. The van der Waals surface area contributed by atoms with Crippen molar-refractivity contribution in [2.45, 2.75) is 38.0 Å². The van der Waals surface area contributed by atoms with E-state index in [2.05, 4.69) is 5.32 Å². The third-order valence-corrected chi connectivity index (χ3v) is 2.98. The van der Waals surface area contributed by atoms with Crippen LogP contribution in [0.2, 0.25) is 0 Å². The number of hydrogen-bond donors (Lipinski definition) is 5. The second-order valence-corrected chi connectivity index (χ2v) is 4.92. The van der Waals surface area contributed by atoms with E-state index in [-0.39, 0.29) is 6.42 Å². The fourth-order valence-electron chi connectivity index (χ4n) is 1.93. The minimum absolute atomic E-state index is 0.0107. The third kappa shape index (κ3) is 5.90. The summed E-state index contributed by atoms with van der Waals surface area (Å²) in [5.74, 6) is -1.34. The highest BCUT2D eigenvalue weighted by Gasteiger charge is 2.25. The molecule has 21 heavy (non-hydrogen) atoms. The number of carbonyl (C=O) groups is 2. The Morgan fingerprint density at radius 2 is 1.90 bits per heavy atom. The van der Waals surface area contributed by atoms with Crippen LogP contribution in [0.4, 0.5) is 0 Å². The van der Waals surface area contributed by atoms with Crippen molar-refractivity contribution < 1.29 is 19.9 Å². The Hall–Kier alpha value is -1.96. The largest absolute Gasteiger partial charge is 0.391 e. The van der Waals surface area contributed by atoms with E-state index >= 15 is 0 Å². The number of hydrogen-bond acceptors (Lipinski definition) is 5. The van der Waals surface area contributed by atoms with Crippen LogP contribution in [0.1, 0.15) is 18.9 Å². The van der Waals surface area contributed by atoms with Gasteiger partial charge in [-0.3, -0.25) is 14.8 Å². The molecule has 1 aromatic rings. The first kappa shape index (κ1) is 17.1. The van der Waals surface area contributed by atoms with Crippen molar-refractivity contribution in [1.29, 1.82) is 0 Å². The Balaban J connectivity index is 2.50. The number of hydroxylamine groups is 1. The lowest BCUT2D eigenvalue weighted by atomic mass is 10.0. The molecule has 0 radical (unpaired) electrons. The van der Waals surface area contributed by atoms with Crippen LogP contribution in [-0.4, -0.2) is 40.3 Å². The van der Waals surface area contributed by atoms with Crippen LogP contribution >= 0.6 is 0 Å². The molecule has 2 amide bonds. The lowest BCUT2D eigenvalue weighted by Crippen LogP contribution is -2.52. The fraction of sp³-hybridized carbons (Fsp3) is 0.429. The van der Waals surface area contributed by atoms with Gasteiger partial charge in [-0.1, -0.05) is 30.3 Å². The van der Waals surface area contributed by atoms with Crippen molar-refractivity contribution in [1.82, 2.24) is 10.8 Å². The van der Waals surface area contributed by atoms with E-state index in [0.717, 1.165) is 5.56 Å². The summed E-state index contributed by atoms with van der Waals surface area (Å²) in [6.07, 6.45) is -0.595. The number of aliphatic hydroxyl groups is 1. The molecule has 0 aliphatic heterocycles. The molecule has 0 heterocycles. The first-order valence-electron chi connectivity index (χ1n) is 6.65. The number of nitrogens with one attached hydrogen (secondary N) is 2. The molecule has 0 unspecified atom stereocenters. The summed E-state index contributed by atoms with van der Waals surface area (Å²) in [5.41, 5.74) is 8.31. The van der Waals surface area contributed by atoms with E-state index in [9.17, 15) is 14.7 Å². The number of nitrogens with two attached hydrogens (primary N) is 1. The zero-order valence-electron chi connectivity index (χ0n) is 11.8. The molecule has 0 aliphatic rings. The van der Waals surface area contributed by atoms with Gasteiger partial charge in [0, 0.05) is 12.5 Å². The van der Waals surface area contributed by atoms with Gasteiger partial charge in [-0.2, -0.15) is 0 Å². The average molecular weight is 295 g/mol. The second kappa shape index (κ2) is 8.35. The molecule has 0 aliphatic carbocycles. The SMILES string of the molecule is C[C@@H](O)[C@H](NC(=O)C[C@@H](N)Cc1ccccc1)C(=O)NO. The van der Waals surface area contributed by atoms with Crippen LogP contribution in [0.5, 0.6) is 0 Å². The van der Waals surface area contributed by atoms with Gasteiger partial charge in [0.25, 0.3) is 5.91 Å².